The van der Waals surface area contributed by atoms with Crippen LogP contribution in [0.1, 0.15) is 48.3 Å². The molecule has 0 spiro atoms. The lowest BCUT2D eigenvalue weighted by Crippen LogP contribution is -2.16. The van der Waals surface area contributed by atoms with Gasteiger partial charge in [0.25, 0.3) is 5.92 Å². The summed E-state index contributed by atoms with van der Waals surface area (Å²) < 4.78 is 31.6. The average Bonchev–Trinajstić information content (AvgIpc) is 3.48. The van der Waals surface area contributed by atoms with Gasteiger partial charge in [0.15, 0.2) is 0 Å². The van der Waals surface area contributed by atoms with E-state index < -0.39 is 5.92 Å². The Bertz CT molecular complexity index is 1400. The van der Waals surface area contributed by atoms with E-state index in [1.165, 1.54) is 0 Å². The molecule has 2 aromatic carbocycles. The Morgan fingerprint density at radius 2 is 2.03 bits per heavy atom. The number of halogens is 2. The number of rotatable bonds is 8. The van der Waals surface area contributed by atoms with Gasteiger partial charge in [0, 0.05) is 49.6 Å². The molecule has 0 saturated carbocycles. The summed E-state index contributed by atoms with van der Waals surface area (Å²) >= 11 is 0. The van der Waals surface area contributed by atoms with Crippen molar-refractivity contribution < 1.29 is 8.78 Å². The topological polar surface area (TPSA) is 82.3 Å². The average molecular weight is 503 g/mol. The molecule has 2 aliphatic rings. The van der Waals surface area contributed by atoms with Gasteiger partial charge in [0.1, 0.15) is 5.82 Å². The summed E-state index contributed by atoms with van der Waals surface area (Å²) in [6, 6.07) is 11.2. The van der Waals surface area contributed by atoms with Crippen LogP contribution < -0.4 is 11.1 Å². The van der Waals surface area contributed by atoms with E-state index in [-0.39, 0.29) is 30.0 Å². The van der Waals surface area contributed by atoms with Crippen molar-refractivity contribution in [3.63, 3.8) is 0 Å². The summed E-state index contributed by atoms with van der Waals surface area (Å²) in [5.74, 6) is -2.57. The molecule has 0 fully saturated rings. The molecule has 0 saturated heterocycles. The zero-order chi connectivity index (χ0) is 26.2. The van der Waals surface area contributed by atoms with Gasteiger partial charge in [-0.2, -0.15) is 8.78 Å². The number of H-pyrrole nitrogens is 1. The number of aromatic nitrogens is 2. The van der Waals surface area contributed by atoms with Crippen LogP contribution in [0.3, 0.4) is 0 Å². The van der Waals surface area contributed by atoms with E-state index in [9.17, 15) is 0 Å². The Morgan fingerprint density at radius 3 is 2.76 bits per heavy atom. The quantitative estimate of drug-likeness (QED) is 0.254. The van der Waals surface area contributed by atoms with Gasteiger partial charge >= 0.3 is 0 Å². The van der Waals surface area contributed by atoms with Crippen molar-refractivity contribution >= 4 is 23.3 Å². The first-order valence-electron chi connectivity index (χ1n) is 12.6. The number of aromatic amines is 1. The molecular formula is C29H32F2N6. The second kappa shape index (κ2) is 9.94. The summed E-state index contributed by atoms with van der Waals surface area (Å²) in [6.45, 7) is 3.33. The lowest BCUT2D eigenvalue weighted by Gasteiger charge is -2.22. The fourth-order valence-corrected chi connectivity index (χ4v) is 5.13. The fraction of sp³-hybridized carbons (Fsp3) is 0.310. The van der Waals surface area contributed by atoms with Crippen LogP contribution in [-0.4, -0.2) is 41.8 Å². The molecule has 1 heterocycles. The van der Waals surface area contributed by atoms with Gasteiger partial charge in [-0.05, 0) is 53.3 Å². The molecule has 37 heavy (non-hydrogen) atoms. The number of fused-ring (bicyclic) bond motifs is 2. The Labute approximate surface area is 216 Å². The highest BCUT2D eigenvalue weighted by atomic mass is 19.3. The smallest absolute Gasteiger partial charge is 0.296 e. The van der Waals surface area contributed by atoms with Crippen molar-refractivity contribution in [3.8, 4) is 11.1 Å². The summed E-state index contributed by atoms with van der Waals surface area (Å²) in [7, 11) is 3.82. The van der Waals surface area contributed by atoms with Crippen LogP contribution >= 0.6 is 0 Å². The van der Waals surface area contributed by atoms with Crippen LogP contribution in [0.15, 0.2) is 65.3 Å². The molecule has 6 nitrogen and oxygen atoms in total. The summed E-state index contributed by atoms with van der Waals surface area (Å²) in [6.07, 6.45) is 8.58. The van der Waals surface area contributed by atoms with Gasteiger partial charge in [0.2, 0.25) is 0 Å². The first kappa shape index (κ1) is 24.9. The van der Waals surface area contributed by atoms with Crippen LogP contribution in [0.4, 0.5) is 20.2 Å². The predicted molar refractivity (Wildman–Crippen MR) is 146 cm³/mol. The minimum Gasteiger partial charge on any atom is -0.386 e. The van der Waals surface area contributed by atoms with Crippen molar-refractivity contribution in [1.29, 1.82) is 0 Å². The fourth-order valence-electron chi connectivity index (χ4n) is 5.13. The van der Waals surface area contributed by atoms with Gasteiger partial charge in [-0.15, -0.1) is 0 Å². The Kier molecular flexibility index (Phi) is 6.69. The van der Waals surface area contributed by atoms with Crippen molar-refractivity contribution in [1.82, 2.24) is 14.9 Å². The third-order valence-corrected chi connectivity index (χ3v) is 7.08. The monoisotopic (exact) mass is 502 g/mol. The summed E-state index contributed by atoms with van der Waals surface area (Å²) in [4.78, 5) is 14.0. The maximum Gasteiger partial charge on any atom is 0.296 e. The number of nitrogens with two attached hydrogens (primary N) is 1. The minimum absolute atomic E-state index is 0.0573. The molecule has 3 aromatic rings. The van der Waals surface area contributed by atoms with Gasteiger partial charge < -0.3 is 20.9 Å². The first-order valence-corrected chi connectivity index (χ1v) is 12.6. The minimum atomic E-state index is -3.04. The number of hydrogen-bond donors (Lipinski definition) is 3. The largest absolute Gasteiger partial charge is 0.386 e. The third kappa shape index (κ3) is 4.57. The number of hydrogen-bond acceptors (Lipinski definition) is 4. The van der Waals surface area contributed by atoms with Crippen LogP contribution in [0, 0.1) is 0 Å². The van der Waals surface area contributed by atoms with Crippen LogP contribution in [-0.2, 0) is 12.5 Å². The van der Waals surface area contributed by atoms with E-state index >= 15 is 8.78 Å². The molecule has 192 valence electrons. The number of benzene rings is 2. The zero-order valence-corrected chi connectivity index (χ0v) is 21.4. The number of nitrogens with zero attached hydrogens (tertiary/aromatic N) is 3. The highest BCUT2D eigenvalue weighted by Gasteiger charge is 2.47. The summed E-state index contributed by atoms with van der Waals surface area (Å²) in [5, 5.41) is 3.18. The van der Waals surface area contributed by atoms with Crippen molar-refractivity contribution in [2.75, 3.05) is 26.0 Å². The SMILES string of the molecule is CCCN(C)C=Nc1ccc(-c2ccc3c(c2)C(F)(F)C2=C3C=CC(c3cnc(CN)[nH]3)C2)cc1NC. The lowest BCUT2D eigenvalue weighted by molar-refractivity contribution is 0.0378. The molecule has 2 aliphatic carbocycles. The van der Waals surface area contributed by atoms with Crippen LogP contribution in [0.5, 0.6) is 0 Å². The maximum absolute atomic E-state index is 15.8. The Balaban J connectivity index is 1.42. The zero-order valence-electron chi connectivity index (χ0n) is 21.4. The number of alkyl halides is 2. The normalized spacial score (nSPS) is 17.8. The van der Waals surface area contributed by atoms with E-state index in [1.807, 2.05) is 67.8 Å². The summed E-state index contributed by atoms with van der Waals surface area (Å²) in [5.41, 5.74) is 11.1. The highest BCUT2D eigenvalue weighted by molar-refractivity contribution is 5.88. The predicted octanol–water partition coefficient (Wildman–Crippen LogP) is 6.18. The van der Waals surface area contributed by atoms with E-state index in [2.05, 4.69) is 27.2 Å². The molecule has 0 aliphatic heterocycles. The lowest BCUT2D eigenvalue weighted by atomic mass is 9.87. The van der Waals surface area contributed by atoms with Crippen LogP contribution in [0.25, 0.3) is 16.7 Å². The number of aliphatic imine (C=N–C) groups is 1. The maximum atomic E-state index is 15.8. The molecule has 1 atom stereocenters. The highest BCUT2D eigenvalue weighted by Crippen LogP contribution is 2.54. The van der Waals surface area contributed by atoms with E-state index in [0.717, 1.165) is 41.2 Å². The van der Waals surface area contributed by atoms with Crippen molar-refractivity contribution in [3.05, 3.63) is 83.0 Å². The van der Waals surface area contributed by atoms with Gasteiger partial charge in [-0.3, -0.25) is 0 Å². The number of anilines is 1. The van der Waals surface area contributed by atoms with E-state index in [0.29, 0.717) is 17.0 Å². The second-order valence-corrected chi connectivity index (χ2v) is 9.59. The Hall–Kier alpha value is -3.78. The number of imidazole rings is 1. The third-order valence-electron chi connectivity index (χ3n) is 7.08. The van der Waals surface area contributed by atoms with Crippen LogP contribution in [0.2, 0.25) is 0 Å². The van der Waals surface area contributed by atoms with Gasteiger partial charge in [-0.1, -0.05) is 37.3 Å². The van der Waals surface area contributed by atoms with E-state index in [1.54, 1.807) is 12.3 Å². The number of nitrogens with one attached hydrogen (secondary N) is 2. The van der Waals surface area contributed by atoms with E-state index in [4.69, 9.17) is 5.73 Å². The molecule has 0 amide bonds. The second-order valence-electron chi connectivity index (χ2n) is 9.59. The van der Waals surface area contributed by atoms with Gasteiger partial charge in [-0.25, -0.2) is 9.98 Å². The molecule has 0 radical (unpaired) electrons. The first-order chi connectivity index (χ1) is 17.8. The standard InChI is InChI=1S/C29H32F2N6/c1-4-11-37(3)17-35-25-10-7-19(14-26(25)33-2)18-5-8-21-22-9-6-20(27-16-34-28(15-32)36-27)13-24(22)29(30,31)23(21)12-18/h5-10,12,14,16-17,20,33H,4,11,13,15,32H2,1-3H3,(H,34,36). The van der Waals surface area contributed by atoms with Crippen molar-refractivity contribution in [2.45, 2.75) is 38.2 Å². The molecule has 4 N–H and O–H groups in total. The van der Waals surface area contributed by atoms with Gasteiger partial charge in [0.05, 0.1) is 24.3 Å². The number of allylic oxidation sites excluding steroid dienone is 4. The molecule has 5 rings (SSSR count). The van der Waals surface area contributed by atoms with Crippen molar-refractivity contribution in [2.24, 2.45) is 10.7 Å². The molecule has 8 heteroatoms. The Morgan fingerprint density at radius 1 is 1.24 bits per heavy atom. The molecular weight excluding hydrogens is 470 g/mol. The molecule has 0 bridgehead atoms. The molecule has 1 aromatic heterocycles. The molecule has 1 unspecified atom stereocenters.